The quantitative estimate of drug-likeness (QED) is 0.877. The van der Waals surface area contributed by atoms with Crippen LogP contribution in [0.15, 0.2) is 24.3 Å². The Kier molecular flexibility index (Phi) is 5.33. The zero-order valence-corrected chi connectivity index (χ0v) is 12.7. The molecule has 0 radical (unpaired) electrons. The van der Waals surface area contributed by atoms with Gasteiger partial charge in [-0.05, 0) is 31.5 Å². The molecule has 2 N–H and O–H groups in total. The van der Waals surface area contributed by atoms with Crippen molar-refractivity contribution in [2.24, 2.45) is 0 Å². The Balaban J connectivity index is 2.09. The van der Waals surface area contributed by atoms with E-state index in [0.717, 1.165) is 13.0 Å². The standard InChI is InChI=1S/C16H23N3O2/c1-3-7-18-15(20)13-5-4-6-14(10-13)16(21)19-9-8-17-12(2)11-19/h4-6,10,12,17H,3,7-9,11H2,1-2H3,(H,18,20). The van der Waals surface area contributed by atoms with Crippen molar-refractivity contribution in [3.63, 3.8) is 0 Å². The lowest BCUT2D eigenvalue weighted by Gasteiger charge is -2.32. The van der Waals surface area contributed by atoms with Crippen LogP contribution in [-0.2, 0) is 0 Å². The van der Waals surface area contributed by atoms with Gasteiger partial charge >= 0.3 is 0 Å². The van der Waals surface area contributed by atoms with Gasteiger partial charge in [-0.3, -0.25) is 9.59 Å². The van der Waals surface area contributed by atoms with Crippen LogP contribution in [0.5, 0.6) is 0 Å². The molecule has 0 aromatic heterocycles. The minimum atomic E-state index is -0.125. The van der Waals surface area contributed by atoms with Gasteiger partial charge in [-0.1, -0.05) is 13.0 Å². The molecule has 1 aromatic rings. The number of hydrogen-bond acceptors (Lipinski definition) is 3. The van der Waals surface area contributed by atoms with Gasteiger partial charge in [0.15, 0.2) is 0 Å². The molecule has 0 bridgehead atoms. The molecule has 1 aromatic carbocycles. The van der Waals surface area contributed by atoms with Crippen LogP contribution in [0.25, 0.3) is 0 Å². The third-order valence-electron chi connectivity index (χ3n) is 3.56. The Morgan fingerprint density at radius 2 is 2.14 bits per heavy atom. The van der Waals surface area contributed by atoms with Gasteiger partial charge in [0.2, 0.25) is 0 Å². The number of piperazine rings is 1. The molecular weight excluding hydrogens is 266 g/mol. The van der Waals surface area contributed by atoms with E-state index in [1.54, 1.807) is 24.3 Å². The molecule has 1 atom stereocenters. The van der Waals surface area contributed by atoms with Gasteiger partial charge < -0.3 is 15.5 Å². The van der Waals surface area contributed by atoms with Gasteiger partial charge in [0.25, 0.3) is 11.8 Å². The first-order valence-electron chi connectivity index (χ1n) is 7.52. The fourth-order valence-corrected chi connectivity index (χ4v) is 2.43. The van der Waals surface area contributed by atoms with Crippen molar-refractivity contribution in [2.75, 3.05) is 26.2 Å². The average molecular weight is 289 g/mol. The summed E-state index contributed by atoms with van der Waals surface area (Å²) in [5.74, 6) is -0.131. The van der Waals surface area contributed by atoms with E-state index in [2.05, 4.69) is 17.6 Å². The summed E-state index contributed by atoms with van der Waals surface area (Å²) in [5, 5.41) is 6.14. The van der Waals surface area contributed by atoms with E-state index in [9.17, 15) is 9.59 Å². The normalized spacial score (nSPS) is 18.4. The van der Waals surface area contributed by atoms with Gasteiger partial charge in [0.05, 0.1) is 0 Å². The molecule has 21 heavy (non-hydrogen) atoms. The number of nitrogens with one attached hydrogen (secondary N) is 2. The second-order valence-electron chi connectivity index (χ2n) is 5.44. The molecule has 1 unspecified atom stereocenters. The highest BCUT2D eigenvalue weighted by atomic mass is 16.2. The van der Waals surface area contributed by atoms with Crippen LogP contribution in [0.1, 0.15) is 41.0 Å². The van der Waals surface area contributed by atoms with Crippen molar-refractivity contribution in [1.29, 1.82) is 0 Å². The van der Waals surface area contributed by atoms with Gasteiger partial charge in [-0.15, -0.1) is 0 Å². The van der Waals surface area contributed by atoms with E-state index in [-0.39, 0.29) is 11.8 Å². The lowest BCUT2D eigenvalue weighted by atomic mass is 10.1. The first kappa shape index (κ1) is 15.5. The molecule has 5 heteroatoms. The zero-order valence-electron chi connectivity index (χ0n) is 12.7. The van der Waals surface area contributed by atoms with Gasteiger partial charge in [0.1, 0.15) is 0 Å². The first-order valence-corrected chi connectivity index (χ1v) is 7.52. The van der Waals surface area contributed by atoms with E-state index < -0.39 is 0 Å². The number of carbonyl (C=O) groups excluding carboxylic acids is 2. The molecule has 1 aliphatic heterocycles. The largest absolute Gasteiger partial charge is 0.352 e. The van der Waals surface area contributed by atoms with Crippen LogP contribution >= 0.6 is 0 Å². The maximum absolute atomic E-state index is 12.5. The third kappa shape index (κ3) is 4.04. The number of hydrogen-bond donors (Lipinski definition) is 2. The molecule has 0 spiro atoms. The minimum Gasteiger partial charge on any atom is -0.352 e. The summed E-state index contributed by atoms with van der Waals surface area (Å²) in [6.45, 7) is 6.93. The number of nitrogens with zero attached hydrogens (tertiary/aromatic N) is 1. The number of amides is 2. The van der Waals surface area contributed by atoms with Crippen molar-refractivity contribution in [3.8, 4) is 0 Å². The topological polar surface area (TPSA) is 61.4 Å². The number of rotatable bonds is 4. The molecular formula is C16H23N3O2. The van der Waals surface area contributed by atoms with Crippen molar-refractivity contribution in [3.05, 3.63) is 35.4 Å². The molecule has 114 valence electrons. The SMILES string of the molecule is CCCNC(=O)c1cccc(C(=O)N2CCNC(C)C2)c1. The summed E-state index contributed by atoms with van der Waals surface area (Å²) in [4.78, 5) is 26.3. The van der Waals surface area contributed by atoms with E-state index in [1.807, 2.05) is 11.8 Å². The molecule has 1 heterocycles. The maximum atomic E-state index is 12.5. The lowest BCUT2D eigenvalue weighted by molar-refractivity contribution is 0.0709. The van der Waals surface area contributed by atoms with Crippen molar-refractivity contribution >= 4 is 11.8 Å². The Labute approximate surface area is 125 Å². The third-order valence-corrected chi connectivity index (χ3v) is 3.56. The molecule has 1 fully saturated rings. The molecule has 5 nitrogen and oxygen atoms in total. The highest BCUT2D eigenvalue weighted by Crippen LogP contribution is 2.10. The highest BCUT2D eigenvalue weighted by molar-refractivity contribution is 5.99. The second kappa shape index (κ2) is 7.22. The molecule has 0 aliphatic carbocycles. The van der Waals surface area contributed by atoms with E-state index >= 15 is 0 Å². The summed E-state index contributed by atoms with van der Waals surface area (Å²) in [5.41, 5.74) is 1.12. The monoisotopic (exact) mass is 289 g/mol. The summed E-state index contributed by atoms with van der Waals surface area (Å²) in [7, 11) is 0. The fourth-order valence-electron chi connectivity index (χ4n) is 2.43. The zero-order chi connectivity index (χ0) is 15.2. The minimum absolute atomic E-state index is 0.00603. The van der Waals surface area contributed by atoms with Crippen LogP contribution < -0.4 is 10.6 Å². The van der Waals surface area contributed by atoms with Crippen LogP contribution in [0.4, 0.5) is 0 Å². The van der Waals surface area contributed by atoms with Crippen molar-refractivity contribution < 1.29 is 9.59 Å². The molecule has 2 rings (SSSR count). The van der Waals surface area contributed by atoms with E-state index in [4.69, 9.17) is 0 Å². The summed E-state index contributed by atoms with van der Waals surface area (Å²) in [6, 6.07) is 7.26. The molecule has 1 saturated heterocycles. The Morgan fingerprint density at radius 1 is 1.38 bits per heavy atom. The molecule has 2 amide bonds. The predicted molar refractivity (Wildman–Crippen MR) is 82.4 cm³/mol. The summed E-state index contributed by atoms with van der Waals surface area (Å²) < 4.78 is 0. The van der Waals surface area contributed by atoms with Crippen LogP contribution in [0.2, 0.25) is 0 Å². The van der Waals surface area contributed by atoms with Crippen molar-refractivity contribution in [2.45, 2.75) is 26.3 Å². The fraction of sp³-hybridized carbons (Fsp3) is 0.500. The lowest BCUT2D eigenvalue weighted by Crippen LogP contribution is -2.51. The van der Waals surface area contributed by atoms with E-state index in [1.165, 1.54) is 0 Å². The Morgan fingerprint density at radius 3 is 2.86 bits per heavy atom. The first-order chi connectivity index (χ1) is 10.1. The number of benzene rings is 1. The molecule has 1 aliphatic rings. The van der Waals surface area contributed by atoms with Crippen molar-refractivity contribution in [1.82, 2.24) is 15.5 Å². The average Bonchev–Trinajstić information content (AvgIpc) is 2.52. The van der Waals surface area contributed by atoms with Gasteiger partial charge in [0, 0.05) is 43.3 Å². The molecule has 0 saturated carbocycles. The summed E-state index contributed by atoms with van der Waals surface area (Å²) >= 11 is 0. The second-order valence-corrected chi connectivity index (χ2v) is 5.44. The van der Waals surface area contributed by atoms with Gasteiger partial charge in [-0.2, -0.15) is 0 Å². The number of carbonyl (C=O) groups is 2. The smallest absolute Gasteiger partial charge is 0.253 e. The van der Waals surface area contributed by atoms with Crippen LogP contribution in [-0.4, -0.2) is 48.9 Å². The van der Waals surface area contributed by atoms with Gasteiger partial charge in [-0.25, -0.2) is 0 Å². The predicted octanol–water partition coefficient (Wildman–Crippen LogP) is 1.26. The Bertz CT molecular complexity index is 516. The maximum Gasteiger partial charge on any atom is 0.253 e. The van der Waals surface area contributed by atoms with E-state index in [0.29, 0.717) is 36.8 Å². The highest BCUT2D eigenvalue weighted by Gasteiger charge is 2.22. The summed E-state index contributed by atoms with van der Waals surface area (Å²) in [6.07, 6.45) is 0.892. The van der Waals surface area contributed by atoms with Crippen LogP contribution in [0.3, 0.4) is 0 Å². The Hall–Kier alpha value is -1.88. The van der Waals surface area contributed by atoms with Crippen LogP contribution in [0, 0.1) is 0 Å².